The Morgan fingerprint density at radius 3 is 2.59 bits per heavy atom. The smallest absolute Gasteiger partial charge is 0.352 e. The second-order valence-corrected chi connectivity index (χ2v) is 7.64. The van der Waals surface area contributed by atoms with Gasteiger partial charge in [-0.1, -0.05) is 41.9 Å². The van der Waals surface area contributed by atoms with Gasteiger partial charge in [-0.3, -0.25) is 19.1 Å². The molecule has 0 unspecified atom stereocenters. The molecule has 0 bridgehead atoms. The van der Waals surface area contributed by atoms with Crippen LogP contribution in [0, 0.1) is 0 Å². The number of methoxy groups -OCH3 is 1. The Labute approximate surface area is 199 Å². The number of hydrogen-bond acceptors (Lipinski definition) is 6. The molecule has 0 saturated heterocycles. The van der Waals surface area contributed by atoms with Crippen LogP contribution in [0.5, 0.6) is 5.75 Å². The summed E-state index contributed by atoms with van der Waals surface area (Å²) in [7, 11) is 1.49. The molecule has 4 aromatic rings. The molecule has 0 saturated carbocycles. The van der Waals surface area contributed by atoms with Gasteiger partial charge in [0, 0.05) is 17.3 Å². The van der Waals surface area contributed by atoms with Crippen molar-refractivity contribution >= 4 is 17.5 Å². The molecule has 1 amide bonds. The van der Waals surface area contributed by atoms with Gasteiger partial charge in [0.15, 0.2) is 0 Å². The maximum absolute atomic E-state index is 13.3. The number of aromatic nitrogens is 4. The highest BCUT2D eigenvalue weighted by molar-refractivity contribution is 6.31. The van der Waals surface area contributed by atoms with Crippen molar-refractivity contribution in [3.63, 3.8) is 0 Å². The molecule has 0 aliphatic rings. The van der Waals surface area contributed by atoms with Crippen molar-refractivity contribution in [1.29, 1.82) is 0 Å². The lowest BCUT2D eigenvalue weighted by Gasteiger charge is -2.13. The summed E-state index contributed by atoms with van der Waals surface area (Å²) >= 11 is 6.25. The fourth-order valence-electron chi connectivity index (χ4n) is 3.26. The summed E-state index contributed by atoms with van der Waals surface area (Å²) in [6, 6.07) is 18.7. The number of carbonyl (C=O) groups excluding carboxylic acids is 1. The lowest BCUT2D eigenvalue weighted by atomic mass is 10.2. The summed E-state index contributed by atoms with van der Waals surface area (Å²) in [5.41, 5.74) is -0.511. The third-order valence-corrected chi connectivity index (χ3v) is 5.38. The minimum atomic E-state index is -0.831. The lowest BCUT2D eigenvalue weighted by molar-refractivity contribution is 0.0940. The van der Waals surface area contributed by atoms with Crippen LogP contribution in [0.15, 0.2) is 82.5 Å². The van der Waals surface area contributed by atoms with Gasteiger partial charge in [0.05, 0.1) is 31.6 Å². The lowest BCUT2D eigenvalue weighted by Crippen LogP contribution is -2.46. The molecule has 1 N–H and O–H groups in total. The van der Waals surface area contributed by atoms with E-state index in [-0.39, 0.29) is 13.1 Å². The predicted octanol–water partition coefficient (Wildman–Crippen LogP) is 2.43. The van der Waals surface area contributed by atoms with E-state index >= 15 is 0 Å². The van der Waals surface area contributed by atoms with Crippen LogP contribution in [0.1, 0.15) is 21.7 Å². The normalized spacial score (nSPS) is 10.6. The van der Waals surface area contributed by atoms with Crippen molar-refractivity contribution in [3.8, 4) is 11.4 Å². The molecule has 0 aliphatic heterocycles. The highest BCUT2D eigenvalue weighted by Crippen LogP contribution is 2.16. The Balaban J connectivity index is 1.81. The number of rotatable bonds is 7. The van der Waals surface area contributed by atoms with Gasteiger partial charge in [-0.15, -0.1) is 0 Å². The van der Waals surface area contributed by atoms with E-state index in [0.29, 0.717) is 27.7 Å². The Morgan fingerprint density at radius 2 is 1.85 bits per heavy atom. The maximum Gasteiger partial charge on any atom is 0.352 e. The van der Waals surface area contributed by atoms with Gasteiger partial charge in [-0.2, -0.15) is 9.78 Å². The first-order valence-corrected chi connectivity index (χ1v) is 10.7. The molecule has 0 spiro atoms. The average Bonchev–Trinajstić information content (AvgIpc) is 2.87. The van der Waals surface area contributed by atoms with Gasteiger partial charge < -0.3 is 10.1 Å². The Hall–Kier alpha value is -4.24. The van der Waals surface area contributed by atoms with E-state index in [1.165, 1.54) is 7.11 Å². The molecule has 9 nitrogen and oxygen atoms in total. The van der Waals surface area contributed by atoms with E-state index in [2.05, 4.69) is 15.4 Å². The SMILES string of the molecule is COc1cccc(-n2nc(C(=O)NCc3ccccn3)c(=O)n(Cc3ccccc3Cl)c2=O)c1. The van der Waals surface area contributed by atoms with Crippen molar-refractivity contribution in [3.05, 3.63) is 116 Å². The van der Waals surface area contributed by atoms with Crippen LogP contribution in [-0.2, 0) is 13.1 Å². The molecule has 34 heavy (non-hydrogen) atoms. The minimum absolute atomic E-state index is 0.0869. The topological polar surface area (TPSA) is 108 Å². The number of nitrogens with zero attached hydrogens (tertiary/aromatic N) is 4. The van der Waals surface area contributed by atoms with E-state index < -0.39 is 22.9 Å². The molecule has 2 aromatic heterocycles. The molecule has 4 rings (SSSR count). The molecule has 2 aromatic carbocycles. The van der Waals surface area contributed by atoms with Crippen molar-refractivity contribution < 1.29 is 9.53 Å². The summed E-state index contributed by atoms with van der Waals surface area (Å²) in [4.78, 5) is 43.6. The van der Waals surface area contributed by atoms with Crippen LogP contribution in [0.3, 0.4) is 0 Å². The van der Waals surface area contributed by atoms with Crippen LogP contribution < -0.4 is 21.3 Å². The molecular weight excluding hydrogens is 458 g/mol. The van der Waals surface area contributed by atoms with Crippen LogP contribution >= 0.6 is 11.6 Å². The van der Waals surface area contributed by atoms with Crippen LogP contribution in [0.4, 0.5) is 0 Å². The Kier molecular flexibility index (Phi) is 6.84. The highest BCUT2D eigenvalue weighted by atomic mass is 35.5. The monoisotopic (exact) mass is 477 g/mol. The van der Waals surface area contributed by atoms with Crippen molar-refractivity contribution in [2.45, 2.75) is 13.1 Å². The second-order valence-electron chi connectivity index (χ2n) is 7.23. The van der Waals surface area contributed by atoms with Gasteiger partial charge in [-0.25, -0.2) is 4.79 Å². The standard InChI is InChI=1S/C24H20ClN5O4/c1-34-19-10-6-9-18(13-19)30-24(33)29(15-16-7-2-3-11-20(16)25)23(32)21(28-30)22(31)27-14-17-8-4-5-12-26-17/h2-13H,14-15H2,1H3,(H,27,31). The molecule has 0 fully saturated rings. The number of benzene rings is 2. The highest BCUT2D eigenvalue weighted by Gasteiger charge is 2.21. The molecule has 0 atom stereocenters. The van der Waals surface area contributed by atoms with Crippen LogP contribution in [0.25, 0.3) is 5.69 Å². The number of amides is 1. The second kappa shape index (κ2) is 10.1. The number of pyridine rings is 1. The summed E-state index contributed by atoms with van der Waals surface area (Å²) in [5, 5.41) is 7.13. The van der Waals surface area contributed by atoms with Crippen molar-refractivity contribution in [2.24, 2.45) is 0 Å². The quantitative estimate of drug-likeness (QED) is 0.438. The zero-order valence-electron chi connectivity index (χ0n) is 18.1. The fourth-order valence-corrected chi connectivity index (χ4v) is 3.46. The van der Waals surface area contributed by atoms with Gasteiger partial charge in [-0.05, 0) is 35.9 Å². The molecule has 172 valence electrons. The average molecular weight is 478 g/mol. The van der Waals surface area contributed by atoms with Crippen LogP contribution in [0.2, 0.25) is 5.02 Å². The summed E-state index contributed by atoms with van der Waals surface area (Å²) < 4.78 is 7.16. The van der Waals surface area contributed by atoms with Gasteiger partial charge in [0.2, 0.25) is 5.69 Å². The van der Waals surface area contributed by atoms with Crippen molar-refractivity contribution in [2.75, 3.05) is 7.11 Å². The number of halogens is 1. The first kappa shape index (κ1) is 22.9. The first-order chi connectivity index (χ1) is 16.5. The van der Waals surface area contributed by atoms with E-state index in [1.54, 1.807) is 72.9 Å². The zero-order chi connectivity index (χ0) is 24.1. The van der Waals surface area contributed by atoms with Gasteiger partial charge in [0.1, 0.15) is 5.75 Å². The van der Waals surface area contributed by atoms with Crippen molar-refractivity contribution in [1.82, 2.24) is 24.6 Å². The van der Waals surface area contributed by atoms with Gasteiger partial charge >= 0.3 is 5.69 Å². The molecule has 2 heterocycles. The Morgan fingerprint density at radius 1 is 1.06 bits per heavy atom. The predicted molar refractivity (Wildman–Crippen MR) is 127 cm³/mol. The molecule has 10 heteroatoms. The summed E-state index contributed by atoms with van der Waals surface area (Å²) in [6.45, 7) is -0.0477. The first-order valence-electron chi connectivity index (χ1n) is 10.3. The molecule has 0 radical (unpaired) electrons. The molecular formula is C24H20ClN5O4. The number of hydrogen-bond donors (Lipinski definition) is 1. The third-order valence-electron chi connectivity index (χ3n) is 5.02. The summed E-state index contributed by atoms with van der Waals surface area (Å²) in [6.07, 6.45) is 1.60. The summed E-state index contributed by atoms with van der Waals surface area (Å²) in [5.74, 6) is -0.253. The van der Waals surface area contributed by atoms with E-state index in [9.17, 15) is 14.4 Å². The fraction of sp³-hybridized carbons (Fsp3) is 0.125. The van der Waals surface area contributed by atoms with E-state index in [0.717, 1.165) is 9.25 Å². The van der Waals surface area contributed by atoms with E-state index in [1.807, 2.05) is 0 Å². The minimum Gasteiger partial charge on any atom is -0.497 e. The molecule has 0 aliphatic carbocycles. The number of nitrogens with one attached hydrogen (secondary N) is 1. The number of ether oxygens (including phenoxy) is 1. The third kappa shape index (κ3) is 4.89. The maximum atomic E-state index is 13.3. The van der Waals surface area contributed by atoms with Gasteiger partial charge in [0.25, 0.3) is 11.5 Å². The van der Waals surface area contributed by atoms with Crippen LogP contribution in [-0.4, -0.2) is 32.3 Å². The Bertz CT molecular complexity index is 1450. The number of carbonyl (C=O) groups is 1. The van der Waals surface area contributed by atoms with E-state index in [4.69, 9.17) is 16.3 Å². The zero-order valence-corrected chi connectivity index (χ0v) is 18.9. The largest absolute Gasteiger partial charge is 0.497 e.